The molecular weight excluding hydrogens is 282 g/mol. The minimum Gasteiger partial charge on any atom is -0.394 e. The molecule has 0 aliphatic carbocycles. The van der Waals surface area contributed by atoms with Gasteiger partial charge in [-0.3, -0.25) is 0 Å². The summed E-state index contributed by atoms with van der Waals surface area (Å²) in [5, 5.41) is 14.1. The lowest BCUT2D eigenvalue weighted by Gasteiger charge is -2.32. The Bertz CT molecular complexity index is 402. The molecule has 120 valence electrons. The lowest BCUT2D eigenvalue weighted by Crippen LogP contribution is -2.48. The number of aliphatic hydroxyl groups is 1. The van der Waals surface area contributed by atoms with E-state index >= 15 is 0 Å². The molecule has 1 atom stereocenters. The van der Waals surface area contributed by atoms with Gasteiger partial charge in [-0.15, -0.1) is 0 Å². The molecule has 0 aliphatic rings. The summed E-state index contributed by atoms with van der Waals surface area (Å²) in [6.07, 6.45) is 4.07. The molecule has 1 unspecified atom stereocenters. The summed E-state index contributed by atoms with van der Waals surface area (Å²) in [5.74, 6) is 0.985. The van der Waals surface area contributed by atoms with Crippen LogP contribution in [-0.4, -0.2) is 39.5 Å². The van der Waals surface area contributed by atoms with E-state index in [0.29, 0.717) is 0 Å². The second-order valence-electron chi connectivity index (χ2n) is 5.60. The van der Waals surface area contributed by atoms with E-state index in [1.807, 2.05) is 19.9 Å². The van der Waals surface area contributed by atoms with Gasteiger partial charge in [0.2, 0.25) is 0 Å². The maximum absolute atomic E-state index is 9.70. The van der Waals surface area contributed by atoms with Crippen molar-refractivity contribution in [1.29, 1.82) is 0 Å². The van der Waals surface area contributed by atoms with Crippen molar-refractivity contribution in [1.82, 2.24) is 15.3 Å². The van der Waals surface area contributed by atoms with Crippen LogP contribution in [0.15, 0.2) is 11.2 Å². The van der Waals surface area contributed by atoms with Crippen LogP contribution in [0, 0.1) is 13.8 Å². The van der Waals surface area contributed by atoms with E-state index in [-0.39, 0.29) is 12.1 Å². The minimum atomic E-state index is -0.125. The van der Waals surface area contributed by atoms with Crippen molar-refractivity contribution in [2.75, 3.05) is 18.9 Å². The zero-order chi connectivity index (χ0) is 15.7. The maximum atomic E-state index is 9.70. The molecule has 0 radical (unpaired) electrons. The van der Waals surface area contributed by atoms with Crippen molar-refractivity contribution in [2.24, 2.45) is 0 Å². The number of rotatable bonds is 10. The molecule has 0 bridgehead atoms. The topological polar surface area (TPSA) is 58.0 Å². The smallest absolute Gasteiger partial charge is 0.187 e. The summed E-state index contributed by atoms with van der Waals surface area (Å²) in [6, 6.07) is 1.99. The van der Waals surface area contributed by atoms with E-state index < -0.39 is 0 Å². The first-order valence-corrected chi connectivity index (χ1v) is 8.84. The highest BCUT2D eigenvalue weighted by atomic mass is 32.2. The molecule has 0 saturated heterocycles. The Morgan fingerprint density at radius 2 is 1.90 bits per heavy atom. The van der Waals surface area contributed by atoms with Gasteiger partial charge in [-0.05, 0) is 52.1 Å². The van der Waals surface area contributed by atoms with Crippen molar-refractivity contribution < 1.29 is 5.11 Å². The molecule has 1 heterocycles. The molecule has 0 fully saturated rings. The zero-order valence-corrected chi connectivity index (χ0v) is 14.6. The Morgan fingerprint density at radius 1 is 1.24 bits per heavy atom. The van der Waals surface area contributed by atoms with Crippen LogP contribution >= 0.6 is 11.8 Å². The average Bonchev–Trinajstić information content (AvgIpc) is 2.46. The van der Waals surface area contributed by atoms with Gasteiger partial charge in [-0.1, -0.05) is 25.6 Å². The Labute approximate surface area is 133 Å². The summed E-state index contributed by atoms with van der Waals surface area (Å²) in [7, 11) is 0. The van der Waals surface area contributed by atoms with E-state index in [2.05, 4.69) is 29.1 Å². The molecule has 21 heavy (non-hydrogen) atoms. The molecule has 1 aromatic rings. The van der Waals surface area contributed by atoms with Crippen molar-refractivity contribution >= 4 is 11.8 Å². The molecule has 2 N–H and O–H groups in total. The molecule has 0 aliphatic heterocycles. The average molecular weight is 311 g/mol. The number of thioether (sulfide) groups is 1. The Morgan fingerprint density at radius 3 is 2.43 bits per heavy atom. The fraction of sp³-hybridized carbons (Fsp3) is 0.750. The highest BCUT2D eigenvalue weighted by Crippen LogP contribution is 2.21. The number of aryl methyl sites for hydroxylation is 2. The number of hydrogen-bond donors (Lipinski definition) is 2. The third kappa shape index (κ3) is 6.32. The van der Waals surface area contributed by atoms with E-state index in [0.717, 1.165) is 54.5 Å². The summed E-state index contributed by atoms with van der Waals surface area (Å²) >= 11 is 1.70. The molecule has 4 nitrogen and oxygen atoms in total. The summed E-state index contributed by atoms with van der Waals surface area (Å²) in [5.41, 5.74) is 1.92. The summed E-state index contributed by atoms with van der Waals surface area (Å²) < 4.78 is 0. The van der Waals surface area contributed by atoms with Gasteiger partial charge in [0.05, 0.1) is 6.61 Å². The SMILES string of the molecule is CCCNC(CC)(CO)CCCSc1nc(C)cc(C)n1. The number of nitrogens with one attached hydrogen (secondary N) is 1. The van der Waals surface area contributed by atoms with Crippen LogP contribution in [-0.2, 0) is 0 Å². The lowest BCUT2D eigenvalue weighted by atomic mass is 9.91. The van der Waals surface area contributed by atoms with E-state index in [4.69, 9.17) is 0 Å². The molecule has 1 aromatic heterocycles. The Kier molecular flexibility index (Phi) is 8.22. The second kappa shape index (κ2) is 9.38. The Balaban J connectivity index is 2.43. The van der Waals surface area contributed by atoms with Crippen LogP contribution in [0.5, 0.6) is 0 Å². The van der Waals surface area contributed by atoms with Crippen molar-refractivity contribution in [3.05, 3.63) is 17.5 Å². The molecular formula is C16H29N3OS. The molecule has 0 spiro atoms. The fourth-order valence-electron chi connectivity index (χ4n) is 2.36. The third-order valence-electron chi connectivity index (χ3n) is 3.72. The van der Waals surface area contributed by atoms with E-state index in [1.54, 1.807) is 11.8 Å². The van der Waals surface area contributed by atoms with Crippen molar-refractivity contribution in [2.45, 2.75) is 64.1 Å². The lowest BCUT2D eigenvalue weighted by molar-refractivity contribution is 0.146. The first-order chi connectivity index (χ1) is 10.0. The van der Waals surface area contributed by atoms with Gasteiger partial charge < -0.3 is 10.4 Å². The largest absolute Gasteiger partial charge is 0.394 e. The monoisotopic (exact) mass is 311 g/mol. The standard InChI is InChI=1S/C16H29N3OS/c1-5-9-17-16(6-2,12-20)8-7-10-21-15-18-13(3)11-14(4)19-15/h11,17,20H,5-10,12H2,1-4H3. The van der Waals surface area contributed by atoms with Crippen molar-refractivity contribution in [3.8, 4) is 0 Å². The predicted octanol–water partition coefficient (Wildman–Crippen LogP) is 3.11. The molecule has 0 amide bonds. The predicted molar refractivity (Wildman–Crippen MR) is 89.9 cm³/mol. The van der Waals surface area contributed by atoms with E-state index in [1.165, 1.54) is 0 Å². The summed E-state index contributed by atoms with van der Waals surface area (Å²) in [4.78, 5) is 8.89. The first kappa shape index (κ1) is 18.4. The van der Waals surface area contributed by atoms with Crippen LogP contribution in [0.2, 0.25) is 0 Å². The molecule has 1 rings (SSSR count). The van der Waals surface area contributed by atoms with Crippen LogP contribution in [0.25, 0.3) is 0 Å². The van der Waals surface area contributed by atoms with Gasteiger partial charge in [0, 0.05) is 22.7 Å². The van der Waals surface area contributed by atoms with E-state index in [9.17, 15) is 5.11 Å². The van der Waals surface area contributed by atoms with Gasteiger partial charge >= 0.3 is 0 Å². The Hall–Kier alpha value is -0.650. The highest BCUT2D eigenvalue weighted by Gasteiger charge is 2.25. The van der Waals surface area contributed by atoms with Gasteiger partial charge in [0.1, 0.15) is 0 Å². The number of aromatic nitrogens is 2. The number of nitrogens with zero attached hydrogens (tertiary/aromatic N) is 2. The van der Waals surface area contributed by atoms with Crippen molar-refractivity contribution in [3.63, 3.8) is 0 Å². The third-order valence-corrected chi connectivity index (χ3v) is 4.66. The maximum Gasteiger partial charge on any atom is 0.187 e. The number of aliphatic hydroxyl groups excluding tert-OH is 1. The molecule has 0 saturated carbocycles. The van der Waals surface area contributed by atoms with Gasteiger partial charge in [0.15, 0.2) is 5.16 Å². The van der Waals surface area contributed by atoms with Crippen LogP contribution < -0.4 is 5.32 Å². The number of hydrogen-bond acceptors (Lipinski definition) is 5. The van der Waals surface area contributed by atoms with Crippen LogP contribution in [0.4, 0.5) is 0 Å². The summed E-state index contributed by atoms with van der Waals surface area (Å²) in [6.45, 7) is 9.45. The fourth-order valence-corrected chi connectivity index (χ4v) is 3.25. The normalized spacial score (nSPS) is 14.1. The van der Waals surface area contributed by atoms with Gasteiger partial charge in [-0.2, -0.15) is 0 Å². The highest BCUT2D eigenvalue weighted by molar-refractivity contribution is 7.99. The van der Waals surface area contributed by atoms with Gasteiger partial charge in [0.25, 0.3) is 0 Å². The second-order valence-corrected chi connectivity index (χ2v) is 6.67. The zero-order valence-electron chi connectivity index (χ0n) is 13.8. The van der Waals surface area contributed by atoms with Gasteiger partial charge in [-0.25, -0.2) is 9.97 Å². The van der Waals surface area contributed by atoms with Crippen LogP contribution in [0.3, 0.4) is 0 Å². The van der Waals surface area contributed by atoms with Crippen LogP contribution in [0.1, 0.15) is 50.9 Å². The molecule has 5 heteroatoms. The first-order valence-electron chi connectivity index (χ1n) is 7.86. The quantitative estimate of drug-likeness (QED) is 0.395. The minimum absolute atomic E-state index is 0.125. The molecule has 0 aromatic carbocycles.